The Morgan fingerprint density at radius 3 is 2.84 bits per heavy atom. The van der Waals surface area contributed by atoms with Gasteiger partial charge in [-0.3, -0.25) is 9.59 Å². The van der Waals surface area contributed by atoms with E-state index in [1.807, 2.05) is 30.3 Å². The molecule has 1 aliphatic heterocycles. The lowest BCUT2D eigenvalue weighted by Crippen LogP contribution is -2.34. The van der Waals surface area contributed by atoms with Crippen molar-refractivity contribution in [3.8, 4) is 0 Å². The number of benzene rings is 1. The monoisotopic (exact) mass is 278 g/mol. The highest BCUT2D eigenvalue weighted by atomic mass is 32.2. The van der Waals surface area contributed by atoms with E-state index in [4.69, 9.17) is 0 Å². The minimum Gasteiger partial charge on any atom is -0.354 e. The van der Waals surface area contributed by atoms with E-state index >= 15 is 0 Å². The van der Waals surface area contributed by atoms with Gasteiger partial charge in [-0.05, 0) is 12.1 Å². The molecule has 4 nitrogen and oxygen atoms in total. The molecule has 0 bridgehead atoms. The van der Waals surface area contributed by atoms with Gasteiger partial charge in [0.05, 0.1) is 0 Å². The second kappa shape index (κ2) is 7.19. The Kier molecular flexibility index (Phi) is 5.27. The third-order valence-corrected chi connectivity index (χ3v) is 4.01. The summed E-state index contributed by atoms with van der Waals surface area (Å²) in [5, 5.41) is 2.77. The largest absolute Gasteiger partial charge is 0.354 e. The third kappa shape index (κ3) is 4.59. The van der Waals surface area contributed by atoms with Gasteiger partial charge >= 0.3 is 0 Å². The van der Waals surface area contributed by atoms with Crippen LogP contribution >= 0.6 is 11.8 Å². The van der Waals surface area contributed by atoms with Crippen molar-refractivity contribution in [2.24, 2.45) is 0 Å². The van der Waals surface area contributed by atoms with Crippen molar-refractivity contribution < 1.29 is 9.59 Å². The molecule has 0 aliphatic carbocycles. The first-order valence-corrected chi connectivity index (χ1v) is 7.46. The Bertz CT molecular complexity index is 436. The fourth-order valence-corrected chi connectivity index (χ4v) is 2.81. The van der Waals surface area contributed by atoms with Gasteiger partial charge in [-0.2, -0.15) is 0 Å². The maximum atomic E-state index is 12.0. The first kappa shape index (κ1) is 13.9. The van der Waals surface area contributed by atoms with E-state index in [1.165, 1.54) is 4.90 Å². The molecule has 0 unspecified atom stereocenters. The van der Waals surface area contributed by atoms with Crippen molar-refractivity contribution in [2.75, 3.05) is 25.4 Å². The van der Waals surface area contributed by atoms with Gasteiger partial charge in [0.15, 0.2) is 0 Å². The Hall–Kier alpha value is -1.49. The van der Waals surface area contributed by atoms with Crippen LogP contribution in [0.4, 0.5) is 0 Å². The topological polar surface area (TPSA) is 49.4 Å². The second-order valence-electron chi connectivity index (χ2n) is 4.39. The normalized spacial score (nSPS) is 15.8. The van der Waals surface area contributed by atoms with Gasteiger partial charge in [-0.1, -0.05) is 18.2 Å². The number of carbonyl (C=O) groups is 2. The zero-order valence-electron chi connectivity index (χ0n) is 10.8. The molecule has 1 aromatic rings. The van der Waals surface area contributed by atoms with E-state index < -0.39 is 0 Å². The molecule has 1 fully saturated rings. The molecule has 19 heavy (non-hydrogen) atoms. The number of hydrogen-bond donors (Lipinski definition) is 1. The van der Waals surface area contributed by atoms with E-state index in [-0.39, 0.29) is 11.8 Å². The van der Waals surface area contributed by atoms with Crippen molar-refractivity contribution in [2.45, 2.75) is 17.7 Å². The molecule has 2 amide bonds. The van der Waals surface area contributed by atoms with Crippen LogP contribution in [0.15, 0.2) is 35.2 Å². The zero-order chi connectivity index (χ0) is 13.5. The lowest BCUT2D eigenvalue weighted by Gasteiger charge is -2.19. The average Bonchev–Trinajstić information content (AvgIpc) is 2.65. The van der Waals surface area contributed by atoms with Crippen LogP contribution < -0.4 is 5.32 Å². The van der Waals surface area contributed by atoms with Gasteiger partial charge in [0.1, 0.15) is 0 Å². The van der Waals surface area contributed by atoms with Gasteiger partial charge in [-0.15, -0.1) is 11.8 Å². The Morgan fingerprint density at radius 1 is 1.26 bits per heavy atom. The summed E-state index contributed by atoms with van der Waals surface area (Å²) in [5.41, 5.74) is 0. The van der Waals surface area contributed by atoms with E-state index in [0.717, 1.165) is 5.75 Å². The summed E-state index contributed by atoms with van der Waals surface area (Å²) in [4.78, 5) is 26.2. The number of hydrogen-bond acceptors (Lipinski definition) is 3. The molecular formula is C14H18N2O2S. The molecule has 0 radical (unpaired) electrons. The predicted molar refractivity (Wildman–Crippen MR) is 76.0 cm³/mol. The average molecular weight is 278 g/mol. The summed E-state index contributed by atoms with van der Waals surface area (Å²) in [5.74, 6) is 0.953. The molecule has 1 aromatic carbocycles. The fourth-order valence-electron chi connectivity index (χ4n) is 1.95. The molecule has 5 heteroatoms. The van der Waals surface area contributed by atoms with Crippen LogP contribution in [-0.2, 0) is 9.59 Å². The Morgan fingerprint density at radius 2 is 2.05 bits per heavy atom. The van der Waals surface area contributed by atoms with E-state index in [9.17, 15) is 9.59 Å². The number of carbonyl (C=O) groups excluding carboxylic acids is 2. The lowest BCUT2D eigenvalue weighted by atomic mass is 10.3. The van der Waals surface area contributed by atoms with Crippen LogP contribution in [0, 0.1) is 0 Å². The Balaban J connectivity index is 1.73. The molecule has 0 saturated carbocycles. The van der Waals surface area contributed by atoms with Crippen LogP contribution in [0.3, 0.4) is 0 Å². The summed E-state index contributed by atoms with van der Waals surface area (Å²) < 4.78 is 0. The molecule has 0 aromatic heterocycles. The number of nitrogens with one attached hydrogen (secondary N) is 1. The van der Waals surface area contributed by atoms with E-state index in [2.05, 4.69) is 5.32 Å². The number of amides is 2. The highest BCUT2D eigenvalue weighted by Gasteiger charge is 2.17. The van der Waals surface area contributed by atoms with Gasteiger partial charge in [0, 0.05) is 43.1 Å². The Labute approximate surface area is 117 Å². The first-order chi connectivity index (χ1) is 9.25. The molecule has 102 valence electrons. The molecule has 1 N–H and O–H groups in total. The first-order valence-electron chi connectivity index (χ1n) is 6.48. The highest BCUT2D eigenvalue weighted by molar-refractivity contribution is 7.99. The fraction of sp³-hybridized carbons (Fsp3) is 0.429. The van der Waals surface area contributed by atoms with Crippen LogP contribution in [-0.4, -0.2) is 42.1 Å². The predicted octanol–water partition coefficient (Wildman–Crippen LogP) is 1.52. The van der Waals surface area contributed by atoms with Crippen LogP contribution in [0.5, 0.6) is 0 Å². The van der Waals surface area contributed by atoms with Crippen molar-refractivity contribution in [3.63, 3.8) is 0 Å². The molecule has 0 atom stereocenters. The minimum atomic E-state index is 0.0361. The minimum absolute atomic E-state index is 0.0361. The van der Waals surface area contributed by atoms with Crippen molar-refractivity contribution >= 4 is 23.6 Å². The number of thioether (sulfide) groups is 1. The van der Waals surface area contributed by atoms with Crippen LogP contribution in [0.2, 0.25) is 0 Å². The molecule has 1 heterocycles. The smallest absolute Gasteiger partial charge is 0.223 e. The van der Waals surface area contributed by atoms with E-state index in [1.54, 1.807) is 16.7 Å². The number of rotatable bonds is 4. The lowest BCUT2D eigenvalue weighted by molar-refractivity contribution is -0.130. The van der Waals surface area contributed by atoms with Crippen LogP contribution in [0.25, 0.3) is 0 Å². The molecular weight excluding hydrogens is 260 g/mol. The summed E-state index contributed by atoms with van der Waals surface area (Å²) in [6.45, 7) is 1.73. The standard InChI is InChI=1S/C14H18N2O2S/c17-13-6-9-16(10-8-15-13)14(18)7-11-19-12-4-2-1-3-5-12/h1-5H,6-11H2,(H,15,17). The van der Waals surface area contributed by atoms with Crippen molar-refractivity contribution in [1.82, 2.24) is 10.2 Å². The third-order valence-electron chi connectivity index (χ3n) is 2.99. The second-order valence-corrected chi connectivity index (χ2v) is 5.56. The summed E-state index contributed by atoms with van der Waals surface area (Å²) in [6.07, 6.45) is 0.936. The summed E-state index contributed by atoms with van der Waals surface area (Å²) >= 11 is 1.69. The highest BCUT2D eigenvalue weighted by Crippen LogP contribution is 2.18. The molecule has 2 rings (SSSR count). The maximum Gasteiger partial charge on any atom is 0.223 e. The van der Waals surface area contributed by atoms with Crippen LogP contribution in [0.1, 0.15) is 12.8 Å². The van der Waals surface area contributed by atoms with Gasteiger partial charge in [0.2, 0.25) is 11.8 Å². The maximum absolute atomic E-state index is 12.0. The molecule has 1 aliphatic rings. The van der Waals surface area contributed by atoms with Crippen molar-refractivity contribution in [3.05, 3.63) is 30.3 Å². The SMILES string of the molecule is O=C1CCN(C(=O)CCSc2ccccc2)CCN1. The van der Waals surface area contributed by atoms with E-state index in [0.29, 0.717) is 32.5 Å². The quantitative estimate of drug-likeness (QED) is 0.850. The van der Waals surface area contributed by atoms with Gasteiger partial charge in [0.25, 0.3) is 0 Å². The summed E-state index contributed by atoms with van der Waals surface area (Å²) in [6, 6.07) is 10.1. The zero-order valence-corrected chi connectivity index (χ0v) is 11.6. The van der Waals surface area contributed by atoms with Crippen molar-refractivity contribution in [1.29, 1.82) is 0 Å². The van der Waals surface area contributed by atoms with Gasteiger partial charge < -0.3 is 10.2 Å². The molecule has 1 saturated heterocycles. The van der Waals surface area contributed by atoms with Gasteiger partial charge in [-0.25, -0.2) is 0 Å². The number of nitrogens with zero attached hydrogens (tertiary/aromatic N) is 1. The molecule has 0 spiro atoms. The summed E-state index contributed by atoms with van der Waals surface area (Å²) in [7, 11) is 0.